The van der Waals surface area contributed by atoms with Crippen LogP contribution in [0.1, 0.15) is 28.8 Å². The van der Waals surface area contributed by atoms with Gasteiger partial charge >= 0.3 is 0 Å². The fraction of sp³-hybridized carbons (Fsp3) is 0.333. The van der Waals surface area contributed by atoms with Crippen LogP contribution >= 0.6 is 11.6 Å². The third-order valence-electron chi connectivity index (χ3n) is 5.95. The molecule has 1 N–H and O–H groups in total. The van der Waals surface area contributed by atoms with Crippen LogP contribution in [0.4, 0.5) is 8.78 Å². The average Bonchev–Trinajstić information content (AvgIpc) is 3.06. The number of sulfonamides is 1. The van der Waals surface area contributed by atoms with Crippen molar-refractivity contribution in [1.29, 1.82) is 0 Å². The van der Waals surface area contributed by atoms with Crippen molar-refractivity contribution in [3.63, 3.8) is 0 Å². The maximum absolute atomic E-state index is 14.1. The molecule has 1 spiro atoms. The SMILES string of the molecule is O=C1CNC2(CCN(S(=O)(=O)C(=O)c3ccc(F)c(Cl)c3)CC2)N1Cc1ccccc1F. The van der Waals surface area contributed by atoms with Crippen molar-refractivity contribution < 1.29 is 26.8 Å². The highest BCUT2D eigenvalue weighted by Crippen LogP contribution is 2.33. The summed E-state index contributed by atoms with van der Waals surface area (Å²) in [5.74, 6) is -1.39. The smallest absolute Gasteiger partial charge is 0.291 e. The van der Waals surface area contributed by atoms with Crippen molar-refractivity contribution in [2.24, 2.45) is 0 Å². The molecule has 0 atom stereocenters. The van der Waals surface area contributed by atoms with E-state index < -0.39 is 32.4 Å². The highest BCUT2D eigenvalue weighted by atomic mass is 35.5. The predicted molar refractivity (Wildman–Crippen MR) is 113 cm³/mol. The van der Waals surface area contributed by atoms with E-state index in [1.165, 1.54) is 11.0 Å². The maximum Gasteiger partial charge on any atom is 0.291 e. The van der Waals surface area contributed by atoms with Crippen molar-refractivity contribution >= 4 is 32.6 Å². The number of carbonyl (C=O) groups excluding carboxylic acids is 2. The first-order valence-electron chi connectivity index (χ1n) is 9.92. The molecule has 11 heteroatoms. The highest BCUT2D eigenvalue weighted by molar-refractivity contribution is 8.04. The largest absolute Gasteiger partial charge is 0.319 e. The molecule has 2 aliphatic rings. The van der Waals surface area contributed by atoms with Crippen molar-refractivity contribution in [2.45, 2.75) is 25.0 Å². The monoisotopic (exact) mass is 483 g/mol. The van der Waals surface area contributed by atoms with Gasteiger partial charge in [0.2, 0.25) is 5.91 Å². The normalized spacial score (nSPS) is 19.0. The van der Waals surface area contributed by atoms with E-state index in [0.717, 1.165) is 22.5 Å². The van der Waals surface area contributed by atoms with E-state index in [0.29, 0.717) is 5.56 Å². The van der Waals surface area contributed by atoms with Crippen LogP contribution in [0.15, 0.2) is 42.5 Å². The second-order valence-corrected chi connectivity index (χ2v) is 10.0. The zero-order valence-corrected chi connectivity index (χ0v) is 18.4. The van der Waals surface area contributed by atoms with Gasteiger partial charge in [0, 0.05) is 24.2 Å². The van der Waals surface area contributed by atoms with Crippen LogP contribution in [-0.4, -0.2) is 53.9 Å². The van der Waals surface area contributed by atoms with Gasteiger partial charge in [0.15, 0.2) is 0 Å². The zero-order valence-electron chi connectivity index (χ0n) is 16.9. The number of halogens is 3. The molecule has 2 fully saturated rings. The zero-order chi connectivity index (χ0) is 23.1. The minimum absolute atomic E-state index is 0.0168. The van der Waals surface area contributed by atoms with Crippen molar-refractivity contribution in [3.8, 4) is 0 Å². The molecule has 4 rings (SSSR count). The number of hydrogen-bond acceptors (Lipinski definition) is 5. The second kappa shape index (κ2) is 8.51. The summed E-state index contributed by atoms with van der Waals surface area (Å²) < 4.78 is 54.3. The van der Waals surface area contributed by atoms with Crippen LogP contribution < -0.4 is 5.32 Å². The van der Waals surface area contributed by atoms with Crippen LogP contribution in [0.2, 0.25) is 5.02 Å². The third-order valence-corrected chi connectivity index (χ3v) is 7.99. The van der Waals surface area contributed by atoms with Gasteiger partial charge < -0.3 is 4.90 Å². The Kier molecular flexibility index (Phi) is 6.06. The molecular weight excluding hydrogens is 464 g/mol. The van der Waals surface area contributed by atoms with Crippen molar-refractivity contribution in [1.82, 2.24) is 14.5 Å². The van der Waals surface area contributed by atoms with Gasteiger partial charge in [-0.15, -0.1) is 0 Å². The lowest BCUT2D eigenvalue weighted by molar-refractivity contribution is -0.132. The Labute approximate surface area is 189 Å². The Balaban J connectivity index is 1.50. The van der Waals surface area contributed by atoms with Crippen molar-refractivity contribution in [3.05, 3.63) is 70.2 Å². The van der Waals surface area contributed by atoms with Gasteiger partial charge in [0.1, 0.15) is 11.6 Å². The van der Waals surface area contributed by atoms with Gasteiger partial charge in [-0.1, -0.05) is 29.8 Å². The summed E-state index contributed by atoms with van der Waals surface area (Å²) in [6.07, 6.45) is 0.452. The summed E-state index contributed by atoms with van der Waals surface area (Å²) in [6, 6.07) is 9.15. The molecule has 2 aliphatic heterocycles. The maximum atomic E-state index is 14.1. The fourth-order valence-corrected chi connectivity index (χ4v) is 5.64. The Morgan fingerprint density at radius 1 is 1.09 bits per heavy atom. The minimum atomic E-state index is -4.37. The number of carbonyl (C=O) groups is 2. The van der Waals surface area contributed by atoms with E-state index in [1.54, 1.807) is 18.2 Å². The molecule has 2 aromatic rings. The van der Waals surface area contributed by atoms with Crippen LogP contribution in [-0.2, 0) is 21.4 Å². The predicted octanol–water partition coefficient (Wildman–Crippen LogP) is 2.51. The fourth-order valence-electron chi connectivity index (χ4n) is 4.14. The summed E-state index contributed by atoms with van der Waals surface area (Å²) in [5.41, 5.74) is -0.692. The number of nitrogens with zero attached hydrogens (tertiary/aromatic N) is 2. The van der Waals surface area contributed by atoms with Crippen LogP contribution in [0.25, 0.3) is 0 Å². The van der Waals surface area contributed by atoms with Gasteiger partial charge in [-0.3, -0.25) is 14.9 Å². The molecule has 0 bridgehead atoms. The molecule has 2 saturated heterocycles. The molecule has 0 aliphatic carbocycles. The molecule has 7 nitrogen and oxygen atoms in total. The van der Waals surface area contributed by atoms with Gasteiger partial charge in [0.05, 0.1) is 23.8 Å². The lowest BCUT2D eigenvalue weighted by Gasteiger charge is -2.44. The molecule has 2 aromatic carbocycles. The third kappa shape index (κ3) is 4.03. The number of amides is 1. The van der Waals surface area contributed by atoms with Gasteiger partial charge in [-0.25, -0.2) is 17.2 Å². The molecule has 170 valence electrons. The Bertz CT molecular complexity index is 1180. The van der Waals surface area contributed by atoms with Gasteiger partial charge in [-0.05, 0) is 37.1 Å². The summed E-state index contributed by atoms with van der Waals surface area (Å²) in [4.78, 5) is 26.6. The molecule has 1 amide bonds. The number of piperidine rings is 1. The highest BCUT2D eigenvalue weighted by Gasteiger charge is 2.49. The van der Waals surface area contributed by atoms with E-state index >= 15 is 0 Å². The van der Waals surface area contributed by atoms with Gasteiger partial charge in [-0.2, -0.15) is 4.31 Å². The topological polar surface area (TPSA) is 86.8 Å². The summed E-state index contributed by atoms with van der Waals surface area (Å²) >= 11 is 5.67. The number of nitrogens with one attached hydrogen (secondary N) is 1. The van der Waals surface area contributed by atoms with Crippen molar-refractivity contribution in [2.75, 3.05) is 19.6 Å². The number of rotatable bonds is 4. The number of benzene rings is 2. The van der Waals surface area contributed by atoms with Crippen LogP contribution in [0.5, 0.6) is 0 Å². The Morgan fingerprint density at radius 2 is 1.78 bits per heavy atom. The standard InChI is InChI=1S/C21H20ClF2N3O4S/c22-16-11-14(5-6-18(16)24)20(29)32(30,31)26-9-7-21(8-10-26)25-12-19(28)27(21)13-15-3-1-2-4-17(15)23/h1-6,11,25H,7-10,12-13H2. The molecular formula is C21H20ClF2N3O4S. The number of hydrogen-bond donors (Lipinski definition) is 1. The molecule has 0 radical (unpaired) electrons. The lowest BCUT2D eigenvalue weighted by atomic mass is 9.96. The van der Waals surface area contributed by atoms with E-state index in [9.17, 15) is 26.8 Å². The summed E-state index contributed by atoms with van der Waals surface area (Å²) in [5, 5.41) is 1.63. The first-order valence-corrected chi connectivity index (χ1v) is 11.7. The summed E-state index contributed by atoms with van der Waals surface area (Å²) in [7, 11) is -4.37. The van der Waals surface area contributed by atoms with Gasteiger partial charge in [0.25, 0.3) is 15.1 Å². The molecule has 2 heterocycles. The van der Waals surface area contributed by atoms with Crippen LogP contribution in [0.3, 0.4) is 0 Å². The lowest BCUT2D eigenvalue weighted by Crippen LogP contribution is -2.59. The van der Waals surface area contributed by atoms with Crippen LogP contribution in [0, 0.1) is 11.6 Å². The quantitative estimate of drug-likeness (QED) is 0.722. The molecule has 0 unspecified atom stereocenters. The van der Waals surface area contributed by atoms with E-state index in [4.69, 9.17) is 11.6 Å². The molecule has 32 heavy (non-hydrogen) atoms. The summed E-state index contributed by atoms with van der Waals surface area (Å²) in [6.45, 7) is 0.0839. The average molecular weight is 484 g/mol. The first kappa shape index (κ1) is 22.8. The van der Waals surface area contributed by atoms with E-state index in [-0.39, 0.29) is 55.5 Å². The Morgan fingerprint density at radius 3 is 2.44 bits per heavy atom. The van der Waals surface area contributed by atoms with E-state index in [2.05, 4.69) is 5.32 Å². The van der Waals surface area contributed by atoms with E-state index in [1.807, 2.05) is 0 Å². The first-order chi connectivity index (χ1) is 15.1. The molecule has 0 saturated carbocycles. The molecule has 0 aromatic heterocycles. The minimum Gasteiger partial charge on any atom is -0.319 e. The second-order valence-electron chi connectivity index (χ2n) is 7.78. The Hall–Kier alpha value is -2.40.